The third kappa shape index (κ3) is 3.82. The van der Waals surface area contributed by atoms with Crippen LogP contribution in [-0.4, -0.2) is 38.5 Å². The Kier molecular flexibility index (Phi) is 4.69. The van der Waals surface area contributed by atoms with Gasteiger partial charge in [0.25, 0.3) is 5.91 Å². The molecule has 1 amide bonds. The smallest absolute Gasteiger partial charge is 0.300 e. The molecular weight excluding hydrogens is 363 g/mol. The van der Waals surface area contributed by atoms with E-state index in [0.29, 0.717) is 0 Å². The first-order chi connectivity index (χ1) is 12.8. The lowest BCUT2D eigenvalue weighted by Crippen LogP contribution is -2.45. The van der Waals surface area contributed by atoms with Gasteiger partial charge in [0.05, 0.1) is 10.6 Å². The van der Waals surface area contributed by atoms with E-state index in [4.69, 9.17) is 4.74 Å². The van der Waals surface area contributed by atoms with Gasteiger partial charge in [-0.2, -0.15) is 0 Å². The van der Waals surface area contributed by atoms with Gasteiger partial charge in [-0.3, -0.25) is 14.9 Å². The molecule has 2 N–H and O–H groups in total. The first kappa shape index (κ1) is 18.2. The van der Waals surface area contributed by atoms with Gasteiger partial charge in [0, 0.05) is 6.07 Å². The van der Waals surface area contributed by atoms with E-state index < -0.39 is 28.9 Å². The lowest BCUT2D eigenvalue weighted by molar-refractivity contribution is -0.383. The van der Waals surface area contributed by atoms with Crippen LogP contribution in [0.1, 0.15) is 6.92 Å². The highest BCUT2D eigenvalue weighted by Gasteiger charge is 2.32. The highest BCUT2D eigenvalue weighted by molar-refractivity contribution is 6.04. The molecule has 1 unspecified atom stereocenters. The first-order valence-corrected chi connectivity index (χ1v) is 7.60. The van der Waals surface area contributed by atoms with Crippen molar-refractivity contribution < 1.29 is 28.6 Å². The Balaban J connectivity index is 1.75. The number of rotatable bonds is 6. The summed E-state index contributed by atoms with van der Waals surface area (Å²) in [5.41, 5.74) is -2.40. The molecule has 0 aliphatic heterocycles. The Morgan fingerprint density at radius 1 is 1.30 bits per heavy atom. The Labute approximate surface area is 150 Å². The van der Waals surface area contributed by atoms with Crippen molar-refractivity contribution in [2.75, 3.05) is 11.9 Å². The van der Waals surface area contributed by atoms with Gasteiger partial charge in [-0.15, -0.1) is 0 Å². The number of non-ortho nitro benzene ring substituents is 1. The van der Waals surface area contributed by atoms with Crippen LogP contribution in [0, 0.1) is 15.9 Å². The third-order valence-electron chi connectivity index (χ3n) is 3.66. The SMILES string of the molecule is CC(O)(COc1ccc(F)cc1)C(=O)Nc1ccc([N+](=O)[O-])c2nonc12. The van der Waals surface area contributed by atoms with E-state index >= 15 is 0 Å². The number of ether oxygens (including phenoxy) is 1. The molecule has 0 radical (unpaired) electrons. The summed E-state index contributed by atoms with van der Waals surface area (Å²) in [6.45, 7) is 0.799. The molecular formula is C16H13FN4O6. The molecule has 27 heavy (non-hydrogen) atoms. The van der Waals surface area contributed by atoms with E-state index in [1.807, 2.05) is 0 Å². The van der Waals surface area contributed by atoms with Gasteiger partial charge in [0.2, 0.25) is 5.52 Å². The molecule has 10 nitrogen and oxygen atoms in total. The molecule has 1 heterocycles. The lowest BCUT2D eigenvalue weighted by Gasteiger charge is -2.22. The number of nitro benzene ring substituents is 1. The van der Waals surface area contributed by atoms with Crippen molar-refractivity contribution >= 4 is 28.3 Å². The summed E-state index contributed by atoms with van der Waals surface area (Å²) in [6.07, 6.45) is 0. The van der Waals surface area contributed by atoms with Crippen molar-refractivity contribution in [3.63, 3.8) is 0 Å². The second-order valence-electron chi connectivity index (χ2n) is 5.82. The van der Waals surface area contributed by atoms with E-state index in [0.717, 1.165) is 6.07 Å². The number of aromatic nitrogens is 2. The van der Waals surface area contributed by atoms with Crippen LogP contribution in [-0.2, 0) is 4.79 Å². The maximum atomic E-state index is 12.9. The Morgan fingerprint density at radius 3 is 2.63 bits per heavy atom. The predicted octanol–water partition coefficient (Wildman–Crippen LogP) is 2.04. The second kappa shape index (κ2) is 6.96. The molecule has 0 aliphatic rings. The molecule has 1 aromatic heterocycles. The molecule has 140 valence electrons. The molecule has 11 heteroatoms. The molecule has 3 aromatic rings. The van der Waals surface area contributed by atoms with E-state index in [1.54, 1.807) is 0 Å². The van der Waals surface area contributed by atoms with E-state index in [-0.39, 0.29) is 28.2 Å². The zero-order chi connectivity index (χ0) is 19.6. The number of nitro groups is 1. The highest BCUT2D eigenvalue weighted by Crippen LogP contribution is 2.29. The minimum atomic E-state index is -1.96. The first-order valence-electron chi connectivity index (χ1n) is 7.60. The summed E-state index contributed by atoms with van der Waals surface area (Å²) in [7, 11) is 0. The van der Waals surface area contributed by atoms with Crippen molar-refractivity contribution in [3.8, 4) is 5.75 Å². The summed E-state index contributed by atoms with van der Waals surface area (Å²) < 4.78 is 22.7. The number of benzene rings is 2. The zero-order valence-corrected chi connectivity index (χ0v) is 13.9. The van der Waals surface area contributed by atoms with Crippen LogP contribution < -0.4 is 10.1 Å². The minimum absolute atomic E-state index is 0.0344. The van der Waals surface area contributed by atoms with Gasteiger partial charge in [-0.1, -0.05) is 0 Å². The third-order valence-corrected chi connectivity index (χ3v) is 3.66. The van der Waals surface area contributed by atoms with Gasteiger partial charge < -0.3 is 15.2 Å². The van der Waals surface area contributed by atoms with E-state index in [2.05, 4.69) is 20.3 Å². The van der Waals surface area contributed by atoms with Crippen LogP contribution in [0.3, 0.4) is 0 Å². The number of fused-ring (bicyclic) bond motifs is 1. The monoisotopic (exact) mass is 376 g/mol. The Hall–Kier alpha value is -3.60. The molecule has 0 aliphatic carbocycles. The summed E-state index contributed by atoms with van der Waals surface area (Å²) in [5.74, 6) is -1.03. The van der Waals surface area contributed by atoms with Crippen LogP contribution in [0.5, 0.6) is 5.75 Å². The number of hydrogen-bond donors (Lipinski definition) is 2. The average Bonchev–Trinajstić information content (AvgIpc) is 3.11. The van der Waals surface area contributed by atoms with Crippen LogP contribution in [0.4, 0.5) is 15.8 Å². The molecule has 0 spiro atoms. The maximum Gasteiger partial charge on any atom is 0.300 e. The molecule has 0 bridgehead atoms. The fourth-order valence-electron chi connectivity index (χ4n) is 2.18. The largest absolute Gasteiger partial charge is 0.490 e. The van der Waals surface area contributed by atoms with Gasteiger partial charge in [-0.25, -0.2) is 9.02 Å². The van der Waals surface area contributed by atoms with Gasteiger partial charge in [0.15, 0.2) is 11.1 Å². The normalized spacial score (nSPS) is 13.1. The van der Waals surface area contributed by atoms with Crippen molar-refractivity contribution in [2.24, 2.45) is 0 Å². The number of carbonyl (C=O) groups is 1. The molecule has 0 fully saturated rings. The number of nitrogens with zero attached hydrogens (tertiary/aromatic N) is 3. The number of carbonyl (C=O) groups excluding carboxylic acids is 1. The predicted molar refractivity (Wildman–Crippen MR) is 89.6 cm³/mol. The maximum absolute atomic E-state index is 12.9. The van der Waals surface area contributed by atoms with Crippen LogP contribution in [0.2, 0.25) is 0 Å². The number of hydrogen-bond acceptors (Lipinski definition) is 8. The lowest BCUT2D eigenvalue weighted by atomic mass is 10.1. The number of anilines is 1. The topological polar surface area (TPSA) is 141 Å². The van der Waals surface area contributed by atoms with Crippen LogP contribution in [0.25, 0.3) is 11.0 Å². The van der Waals surface area contributed by atoms with Crippen molar-refractivity contribution in [2.45, 2.75) is 12.5 Å². The molecule has 2 aromatic carbocycles. The molecule has 0 saturated carbocycles. The highest BCUT2D eigenvalue weighted by atomic mass is 19.1. The quantitative estimate of drug-likeness (QED) is 0.492. The van der Waals surface area contributed by atoms with Crippen LogP contribution >= 0.6 is 0 Å². The minimum Gasteiger partial charge on any atom is -0.490 e. The Bertz CT molecular complexity index is 1000. The standard InChI is InChI=1S/C16H13FN4O6/c1-16(23,8-26-10-4-2-9(17)3-5-10)15(22)18-11-6-7-12(21(24)25)14-13(11)19-27-20-14/h2-7,23H,8H2,1H3,(H,18,22). The van der Waals surface area contributed by atoms with Crippen molar-refractivity contribution in [3.05, 3.63) is 52.3 Å². The fraction of sp³-hybridized carbons (Fsp3) is 0.188. The van der Waals surface area contributed by atoms with Crippen molar-refractivity contribution in [1.29, 1.82) is 0 Å². The van der Waals surface area contributed by atoms with Gasteiger partial charge in [0.1, 0.15) is 18.2 Å². The summed E-state index contributed by atoms with van der Waals surface area (Å²) in [5, 5.41) is 30.7. The zero-order valence-electron chi connectivity index (χ0n) is 13.9. The molecule has 3 rings (SSSR count). The number of aliphatic hydroxyl groups is 1. The summed E-state index contributed by atoms with van der Waals surface area (Å²) in [4.78, 5) is 22.7. The summed E-state index contributed by atoms with van der Waals surface area (Å²) >= 11 is 0. The number of nitrogens with one attached hydrogen (secondary N) is 1. The molecule has 1 atom stereocenters. The van der Waals surface area contributed by atoms with E-state index in [9.17, 15) is 24.4 Å². The summed E-state index contributed by atoms with van der Waals surface area (Å²) in [6, 6.07) is 7.43. The van der Waals surface area contributed by atoms with Crippen LogP contribution in [0.15, 0.2) is 41.0 Å². The Morgan fingerprint density at radius 2 is 1.96 bits per heavy atom. The van der Waals surface area contributed by atoms with Gasteiger partial charge >= 0.3 is 5.69 Å². The fourth-order valence-corrected chi connectivity index (χ4v) is 2.18. The van der Waals surface area contributed by atoms with E-state index in [1.165, 1.54) is 37.3 Å². The van der Waals surface area contributed by atoms with Gasteiger partial charge in [-0.05, 0) is 47.6 Å². The average molecular weight is 376 g/mol. The van der Waals surface area contributed by atoms with Crippen molar-refractivity contribution in [1.82, 2.24) is 10.3 Å². The number of halogens is 1. The molecule has 0 saturated heterocycles. The second-order valence-corrected chi connectivity index (χ2v) is 5.82. The number of amides is 1.